The van der Waals surface area contributed by atoms with Crippen molar-refractivity contribution in [3.8, 4) is 0 Å². The van der Waals surface area contributed by atoms with Crippen molar-refractivity contribution < 1.29 is 22.7 Å². The number of rotatable bonds is 1. The molecule has 1 heterocycles. The second-order valence-electron chi connectivity index (χ2n) is 3.06. The van der Waals surface area contributed by atoms with Crippen molar-refractivity contribution in [3.63, 3.8) is 0 Å². The number of carbonyl (C=O) groups is 1. The molecule has 16 heavy (non-hydrogen) atoms. The number of amides is 1. The Bertz CT molecular complexity index is 446. The zero-order valence-electron chi connectivity index (χ0n) is 7.73. The highest BCUT2D eigenvalue weighted by atomic mass is 19.4. The molecule has 0 saturated carbocycles. The minimum atomic E-state index is -4.77. The molecule has 0 bridgehead atoms. The molecule has 0 radical (unpaired) electrons. The van der Waals surface area contributed by atoms with E-state index in [9.17, 15) is 18.0 Å². The average molecular weight is 230 g/mol. The lowest BCUT2D eigenvalue weighted by molar-refractivity contribution is -0.303. The summed E-state index contributed by atoms with van der Waals surface area (Å²) < 4.78 is 39.5. The molecule has 1 atom stereocenters. The Kier molecular flexibility index (Phi) is 2.37. The standard InChI is InChI=1S/C9H5F3N2O2/c10-9(11,12)16-5-1-2-7-6(3-5)8(15)14-4-13-7/h1-4,6H. The Morgan fingerprint density at radius 3 is 2.75 bits per heavy atom. The summed E-state index contributed by atoms with van der Waals surface area (Å²) in [4.78, 5) is 18.4. The van der Waals surface area contributed by atoms with Crippen molar-refractivity contribution in [2.45, 2.75) is 6.36 Å². The Labute approximate surface area is 87.8 Å². The largest absolute Gasteiger partial charge is 0.573 e. The van der Waals surface area contributed by atoms with E-state index in [1.54, 1.807) is 0 Å². The highest BCUT2D eigenvalue weighted by Crippen LogP contribution is 2.26. The maximum atomic E-state index is 11.9. The molecule has 7 heteroatoms. The third-order valence-corrected chi connectivity index (χ3v) is 1.96. The van der Waals surface area contributed by atoms with Gasteiger partial charge in [0, 0.05) is 0 Å². The van der Waals surface area contributed by atoms with E-state index >= 15 is 0 Å². The van der Waals surface area contributed by atoms with Gasteiger partial charge < -0.3 is 4.74 Å². The summed E-state index contributed by atoms with van der Waals surface area (Å²) in [6, 6.07) is 0. The topological polar surface area (TPSA) is 51.0 Å². The van der Waals surface area contributed by atoms with Crippen LogP contribution in [0.2, 0.25) is 0 Å². The summed E-state index contributed by atoms with van der Waals surface area (Å²) in [6.07, 6.45) is -0.247. The molecule has 0 aromatic heterocycles. The van der Waals surface area contributed by atoms with Crippen LogP contribution in [-0.2, 0) is 9.53 Å². The van der Waals surface area contributed by atoms with Gasteiger partial charge in [-0.1, -0.05) is 0 Å². The van der Waals surface area contributed by atoms with Gasteiger partial charge in [0.25, 0.3) is 5.91 Å². The van der Waals surface area contributed by atoms with Gasteiger partial charge in [-0.05, 0) is 18.2 Å². The number of ether oxygens (including phenoxy) is 1. The van der Waals surface area contributed by atoms with E-state index < -0.39 is 23.9 Å². The molecule has 1 amide bonds. The molecule has 1 aliphatic heterocycles. The monoisotopic (exact) mass is 230 g/mol. The summed E-state index contributed by atoms with van der Waals surface area (Å²) >= 11 is 0. The summed E-state index contributed by atoms with van der Waals surface area (Å²) in [5.41, 5.74) is 0.356. The van der Waals surface area contributed by atoms with E-state index in [4.69, 9.17) is 0 Å². The lowest BCUT2D eigenvalue weighted by Crippen LogP contribution is -2.26. The summed E-state index contributed by atoms with van der Waals surface area (Å²) in [5.74, 6) is -1.87. The Hall–Kier alpha value is -1.92. The lowest BCUT2D eigenvalue weighted by Gasteiger charge is -2.18. The third kappa shape index (κ3) is 2.18. The lowest BCUT2D eigenvalue weighted by atomic mass is 9.96. The van der Waals surface area contributed by atoms with E-state index in [-0.39, 0.29) is 0 Å². The van der Waals surface area contributed by atoms with Crippen molar-refractivity contribution in [2.24, 2.45) is 15.9 Å². The fraction of sp³-hybridized carbons (Fsp3) is 0.222. The first-order valence-electron chi connectivity index (χ1n) is 4.25. The Morgan fingerprint density at radius 1 is 1.31 bits per heavy atom. The molecule has 0 aromatic rings. The predicted octanol–water partition coefficient (Wildman–Crippen LogP) is 1.60. The average Bonchev–Trinajstić information content (AvgIpc) is 2.17. The van der Waals surface area contributed by atoms with Crippen LogP contribution in [0.5, 0.6) is 0 Å². The summed E-state index contributed by atoms with van der Waals surface area (Å²) in [7, 11) is 0. The van der Waals surface area contributed by atoms with Crippen LogP contribution < -0.4 is 0 Å². The van der Waals surface area contributed by atoms with Crippen molar-refractivity contribution in [1.82, 2.24) is 0 Å². The molecule has 0 fully saturated rings. The minimum Gasteiger partial charge on any atom is -0.406 e. The van der Waals surface area contributed by atoms with Crippen LogP contribution in [0.25, 0.3) is 0 Å². The smallest absolute Gasteiger partial charge is 0.406 e. The van der Waals surface area contributed by atoms with Crippen LogP contribution in [-0.4, -0.2) is 24.3 Å². The molecular weight excluding hydrogens is 225 g/mol. The molecule has 0 aromatic carbocycles. The maximum absolute atomic E-state index is 11.9. The highest BCUT2D eigenvalue weighted by molar-refractivity contribution is 6.18. The molecule has 1 aliphatic carbocycles. The fourth-order valence-electron chi connectivity index (χ4n) is 1.33. The van der Waals surface area contributed by atoms with Gasteiger partial charge in [0.2, 0.25) is 0 Å². The second kappa shape index (κ2) is 3.58. The second-order valence-corrected chi connectivity index (χ2v) is 3.06. The number of allylic oxidation sites excluding steroid dienone is 2. The normalized spacial score (nSPS) is 23.7. The maximum Gasteiger partial charge on any atom is 0.573 e. The SMILES string of the molecule is O=C1N=CN=C2C=CC(OC(F)(F)F)=CC12. The van der Waals surface area contributed by atoms with Gasteiger partial charge in [0.05, 0.1) is 5.71 Å². The summed E-state index contributed by atoms with van der Waals surface area (Å²) in [5, 5.41) is 0. The molecule has 2 rings (SSSR count). The van der Waals surface area contributed by atoms with Crippen LogP contribution in [0.3, 0.4) is 0 Å². The van der Waals surface area contributed by atoms with Crippen molar-refractivity contribution >= 4 is 18.0 Å². The molecule has 0 N–H and O–H groups in total. The number of carbonyl (C=O) groups excluding carboxylic acids is 1. The van der Waals surface area contributed by atoms with Gasteiger partial charge in [-0.25, -0.2) is 9.98 Å². The first kappa shape index (κ1) is 10.6. The zero-order valence-corrected chi connectivity index (χ0v) is 7.73. The number of hydrogen-bond donors (Lipinski definition) is 0. The number of nitrogens with zero attached hydrogens (tertiary/aromatic N) is 2. The zero-order chi connectivity index (χ0) is 11.8. The van der Waals surface area contributed by atoms with E-state index in [1.807, 2.05) is 0 Å². The predicted molar refractivity (Wildman–Crippen MR) is 48.8 cm³/mol. The van der Waals surface area contributed by atoms with Gasteiger partial charge in [-0.15, -0.1) is 13.2 Å². The molecule has 0 saturated heterocycles. The molecule has 1 unspecified atom stereocenters. The summed E-state index contributed by atoms with van der Waals surface area (Å²) in [6.45, 7) is 0. The van der Waals surface area contributed by atoms with Crippen molar-refractivity contribution in [1.29, 1.82) is 0 Å². The van der Waals surface area contributed by atoms with Crippen LogP contribution >= 0.6 is 0 Å². The van der Waals surface area contributed by atoms with Crippen LogP contribution in [0, 0.1) is 5.92 Å². The minimum absolute atomic E-state index is 0.356. The van der Waals surface area contributed by atoms with Crippen LogP contribution in [0.4, 0.5) is 13.2 Å². The molecule has 84 valence electrons. The Balaban J connectivity index is 2.22. The highest BCUT2D eigenvalue weighted by Gasteiger charge is 2.34. The van der Waals surface area contributed by atoms with E-state index in [2.05, 4.69) is 14.7 Å². The first-order chi connectivity index (χ1) is 7.46. The van der Waals surface area contributed by atoms with Crippen molar-refractivity contribution in [3.05, 3.63) is 24.0 Å². The van der Waals surface area contributed by atoms with E-state index in [0.717, 1.165) is 18.5 Å². The van der Waals surface area contributed by atoms with Crippen molar-refractivity contribution in [2.75, 3.05) is 0 Å². The van der Waals surface area contributed by atoms with E-state index in [0.29, 0.717) is 5.71 Å². The molecule has 4 nitrogen and oxygen atoms in total. The quantitative estimate of drug-likeness (QED) is 0.687. The van der Waals surface area contributed by atoms with Gasteiger partial charge in [-0.2, -0.15) is 0 Å². The van der Waals surface area contributed by atoms with Gasteiger partial charge in [0.1, 0.15) is 18.0 Å². The fourth-order valence-corrected chi connectivity index (χ4v) is 1.33. The number of alkyl halides is 3. The van der Waals surface area contributed by atoms with E-state index in [1.165, 1.54) is 6.08 Å². The molecule has 2 aliphatic rings. The number of hydrogen-bond acceptors (Lipinski definition) is 3. The number of halogens is 3. The molecular formula is C9H5F3N2O2. The van der Waals surface area contributed by atoms with Gasteiger partial charge >= 0.3 is 6.36 Å². The van der Waals surface area contributed by atoms with Gasteiger partial charge in [0.15, 0.2) is 0 Å². The molecule has 0 spiro atoms. The Morgan fingerprint density at radius 2 is 2.06 bits per heavy atom. The number of fused-ring (bicyclic) bond motifs is 1. The third-order valence-electron chi connectivity index (χ3n) is 1.96. The van der Waals surface area contributed by atoms with Crippen LogP contribution in [0.1, 0.15) is 0 Å². The first-order valence-corrected chi connectivity index (χ1v) is 4.25. The van der Waals surface area contributed by atoms with Crippen LogP contribution in [0.15, 0.2) is 34.0 Å². The number of aliphatic imine (C=N–C) groups is 2. The van der Waals surface area contributed by atoms with Gasteiger partial charge in [-0.3, -0.25) is 4.79 Å².